The molecule has 0 spiro atoms. The van der Waals surface area contributed by atoms with Crippen molar-refractivity contribution in [2.24, 2.45) is 5.73 Å². The fourth-order valence-electron chi connectivity index (χ4n) is 0.320. The predicted molar refractivity (Wildman–Crippen MR) is 36.0 cm³/mol. The Hall–Kier alpha value is -0.170. The van der Waals surface area contributed by atoms with Gasteiger partial charge in [0, 0.05) is 6.54 Å². The normalized spacial score (nSPS) is 15.1. The average Bonchev–Trinajstić information content (AvgIpc) is 1.80. The summed E-state index contributed by atoms with van der Waals surface area (Å²) in [5.74, 6) is 0. The summed E-state index contributed by atoms with van der Waals surface area (Å²) in [6, 6.07) is 0. The van der Waals surface area contributed by atoms with E-state index in [0.717, 1.165) is 0 Å². The molecule has 0 saturated heterocycles. The molecule has 0 aromatic carbocycles. The minimum absolute atomic E-state index is 0.126. The van der Waals surface area contributed by atoms with Gasteiger partial charge in [0.2, 0.25) is 0 Å². The van der Waals surface area contributed by atoms with Crippen molar-refractivity contribution in [3.63, 3.8) is 0 Å². The molecule has 62 valence electrons. The zero-order valence-corrected chi connectivity index (χ0v) is 6.47. The predicted octanol–water partition coefficient (Wildman–Crippen LogP) is -0.804. The summed E-state index contributed by atoms with van der Waals surface area (Å²) in [6.45, 7) is 1.60. The quantitative estimate of drug-likeness (QED) is 0.537. The van der Waals surface area contributed by atoms with Crippen molar-refractivity contribution in [2.45, 2.75) is 12.4 Å². The highest BCUT2D eigenvalue weighted by atomic mass is 32.2. The van der Waals surface area contributed by atoms with E-state index in [1.54, 1.807) is 0 Å². The number of hydrogen-bond acceptors (Lipinski definition) is 4. The summed E-state index contributed by atoms with van der Waals surface area (Å²) in [5, 5.41) is 0. The molecular formula is C4H11NO4S. The second-order valence-electron chi connectivity index (χ2n) is 1.74. The molecule has 0 aliphatic rings. The van der Waals surface area contributed by atoms with Gasteiger partial charge in [0.25, 0.3) is 10.1 Å². The Bertz CT molecular complexity index is 176. The molecule has 0 rings (SSSR count). The average molecular weight is 169 g/mol. The molecule has 0 amide bonds. The highest BCUT2D eigenvalue weighted by Gasteiger charge is 2.16. The first kappa shape index (κ1) is 9.83. The topological polar surface area (TPSA) is 89.6 Å². The monoisotopic (exact) mass is 169 g/mol. The van der Waals surface area contributed by atoms with Crippen LogP contribution in [0.1, 0.15) is 6.92 Å². The smallest absolute Gasteiger partial charge is 0.291 e. The van der Waals surface area contributed by atoms with E-state index in [1.807, 2.05) is 0 Å². The Morgan fingerprint density at radius 1 is 1.70 bits per heavy atom. The van der Waals surface area contributed by atoms with E-state index in [4.69, 9.17) is 10.3 Å². The van der Waals surface area contributed by atoms with Gasteiger partial charge >= 0.3 is 0 Å². The van der Waals surface area contributed by atoms with E-state index in [0.29, 0.717) is 0 Å². The lowest BCUT2D eigenvalue weighted by atomic mass is 10.7. The van der Waals surface area contributed by atoms with E-state index in [9.17, 15) is 8.42 Å². The summed E-state index contributed by atoms with van der Waals surface area (Å²) in [4.78, 5) is 0. The van der Waals surface area contributed by atoms with Gasteiger partial charge in [-0.15, -0.1) is 0 Å². The first-order chi connectivity index (χ1) is 4.48. The Balaban J connectivity index is 3.75. The van der Waals surface area contributed by atoms with Crippen LogP contribution in [0, 0.1) is 0 Å². The minimum Gasteiger partial charge on any atom is -0.359 e. The number of ether oxygens (including phenoxy) is 1. The zero-order chi connectivity index (χ0) is 8.20. The van der Waals surface area contributed by atoms with Crippen LogP contribution in [0.3, 0.4) is 0 Å². The van der Waals surface area contributed by atoms with Crippen LogP contribution in [0.5, 0.6) is 0 Å². The van der Waals surface area contributed by atoms with E-state index < -0.39 is 15.6 Å². The Morgan fingerprint density at radius 3 is 2.50 bits per heavy atom. The van der Waals surface area contributed by atoms with Gasteiger partial charge in [-0.1, -0.05) is 0 Å². The first-order valence-electron chi connectivity index (χ1n) is 2.76. The molecule has 5 nitrogen and oxygen atoms in total. The molecule has 3 N–H and O–H groups in total. The molecule has 6 heteroatoms. The summed E-state index contributed by atoms with van der Waals surface area (Å²) in [6.07, 6.45) is 0. The van der Waals surface area contributed by atoms with Gasteiger partial charge in [0.05, 0.1) is 6.61 Å². The van der Waals surface area contributed by atoms with Crippen LogP contribution >= 0.6 is 0 Å². The molecule has 0 aliphatic heterocycles. The standard InChI is InChI=1S/C4H11NO4S/c1-4(9-3-2-5)10(6,7)8/h4H,2-3,5H2,1H3,(H,6,7,8). The van der Waals surface area contributed by atoms with Gasteiger partial charge in [0.15, 0.2) is 5.44 Å². The molecule has 1 unspecified atom stereocenters. The van der Waals surface area contributed by atoms with Gasteiger partial charge in [-0.2, -0.15) is 8.42 Å². The number of nitrogens with two attached hydrogens (primary N) is 1. The summed E-state index contributed by atoms with van der Waals surface area (Å²) >= 11 is 0. The number of rotatable bonds is 4. The molecule has 0 aromatic rings. The van der Waals surface area contributed by atoms with Crippen LogP contribution in [0.25, 0.3) is 0 Å². The summed E-state index contributed by atoms with van der Waals surface area (Å²) < 4.78 is 33.4. The lowest BCUT2D eigenvalue weighted by molar-refractivity contribution is 0.117. The molecule has 1 atom stereocenters. The van der Waals surface area contributed by atoms with E-state index in [2.05, 4.69) is 4.74 Å². The molecular weight excluding hydrogens is 158 g/mol. The second-order valence-corrected chi connectivity index (χ2v) is 3.44. The van der Waals surface area contributed by atoms with Crippen LogP contribution < -0.4 is 5.73 Å². The first-order valence-corrected chi connectivity index (χ1v) is 4.26. The summed E-state index contributed by atoms with van der Waals surface area (Å²) in [7, 11) is -4.05. The van der Waals surface area contributed by atoms with Crippen LogP contribution in [-0.4, -0.2) is 31.6 Å². The van der Waals surface area contributed by atoms with Crippen molar-refractivity contribution < 1.29 is 17.7 Å². The molecule has 10 heavy (non-hydrogen) atoms. The van der Waals surface area contributed by atoms with Gasteiger partial charge in [-0.25, -0.2) is 0 Å². The molecule has 0 aromatic heterocycles. The van der Waals surface area contributed by atoms with E-state index in [-0.39, 0.29) is 13.2 Å². The highest BCUT2D eigenvalue weighted by Crippen LogP contribution is 1.97. The van der Waals surface area contributed by atoms with E-state index >= 15 is 0 Å². The largest absolute Gasteiger partial charge is 0.359 e. The number of hydrogen-bond donors (Lipinski definition) is 2. The van der Waals surface area contributed by atoms with Crippen molar-refractivity contribution in [2.75, 3.05) is 13.2 Å². The molecule has 0 saturated carbocycles. The van der Waals surface area contributed by atoms with Crippen molar-refractivity contribution >= 4 is 10.1 Å². The Labute approximate surface area is 59.9 Å². The lowest BCUT2D eigenvalue weighted by Crippen LogP contribution is -2.23. The van der Waals surface area contributed by atoms with Crippen molar-refractivity contribution in [3.8, 4) is 0 Å². The Morgan fingerprint density at radius 2 is 2.20 bits per heavy atom. The van der Waals surface area contributed by atoms with Crippen LogP contribution in [0.2, 0.25) is 0 Å². The van der Waals surface area contributed by atoms with Crippen molar-refractivity contribution in [3.05, 3.63) is 0 Å². The fraction of sp³-hybridized carbons (Fsp3) is 1.00. The zero-order valence-electron chi connectivity index (χ0n) is 5.65. The highest BCUT2D eigenvalue weighted by molar-refractivity contribution is 7.86. The van der Waals surface area contributed by atoms with Crippen molar-refractivity contribution in [1.82, 2.24) is 0 Å². The lowest BCUT2D eigenvalue weighted by Gasteiger charge is -2.07. The molecule has 0 bridgehead atoms. The van der Waals surface area contributed by atoms with Gasteiger partial charge in [-0.3, -0.25) is 4.55 Å². The maximum absolute atomic E-state index is 10.2. The molecule has 0 radical (unpaired) electrons. The Kier molecular flexibility index (Phi) is 3.80. The third-order valence-corrected chi connectivity index (χ3v) is 1.86. The van der Waals surface area contributed by atoms with Gasteiger partial charge in [-0.05, 0) is 6.92 Å². The second kappa shape index (κ2) is 3.87. The maximum atomic E-state index is 10.2. The van der Waals surface area contributed by atoms with Crippen LogP contribution in [0.15, 0.2) is 0 Å². The van der Waals surface area contributed by atoms with Crippen LogP contribution in [-0.2, 0) is 14.9 Å². The van der Waals surface area contributed by atoms with Gasteiger partial charge in [0.1, 0.15) is 0 Å². The molecule has 0 aliphatic carbocycles. The SMILES string of the molecule is CC(OCCN)S(=O)(=O)O. The van der Waals surface area contributed by atoms with Crippen molar-refractivity contribution in [1.29, 1.82) is 0 Å². The molecule has 0 heterocycles. The fourth-order valence-corrected chi connectivity index (χ4v) is 0.588. The maximum Gasteiger partial charge on any atom is 0.291 e. The third-order valence-electron chi connectivity index (χ3n) is 0.890. The molecule has 0 fully saturated rings. The minimum atomic E-state index is -4.05. The van der Waals surface area contributed by atoms with Gasteiger partial charge < -0.3 is 10.5 Å². The third kappa shape index (κ3) is 3.78. The van der Waals surface area contributed by atoms with Crippen LogP contribution in [0.4, 0.5) is 0 Å². The van der Waals surface area contributed by atoms with E-state index in [1.165, 1.54) is 6.92 Å². The summed E-state index contributed by atoms with van der Waals surface area (Å²) in [5.41, 5.74) is 3.83.